The molecule has 2 nitrogen and oxygen atoms in total. The zero-order valence-corrected chi connectivity index (χ0v) is 10.2. The van der Waals surface area contributed by atoms with Crippen LogP contribution in [0.3, 0.4) is 0 Å². The lowest BCUT2D eigenvalue weighted by molar-refractivity contribution is -0.135. The van der Waals surface area contributed by atoms with Gasteiger partial charge in [0.25, 0.3) is 0 Å². The number of alkyl halides is 3. The van der Waals surface area contributed by atoms with Gasteiger partial charge in [-0.05, 0) is 30.8 Å². The van der Waals surface area contributed by atoms with Gasteiger partial charge in [-0.1, -0.05) is 6.07 Å². The van der Waals surface area contributed by atoms with Gasteiger partial charge in [0.2, 0.25) is 0 Å². The van der Waals surface area contributed by atoms with Gasteiger partial charge >= 0.3 is 6.18 Å². The first-order valence-corrected chi connectivity index (χ1v) is 6.36. The third kappa shape index (κ3) is 6.65. The minimum atomic E-state index is -4.06. The van der Waals surface area contributed by atoms with E-state index < -0.39 is 18.7 Å². The number of hydrogen-bond acceptors (Lipinski definition) is 3. The lowest BCUT2D eigenvalue weighted by Crippen LogP contribution is -2.22. The molecule has 98 valence electrons. The van der Waals surface area contributed by atoms with Gasteiger partial charge in [-0.25, -0.2) is 0 Å². The van der Waals surface area contributed by atoms with Crippen molar-refractivity contribution in [2.45, 2.75) is 31.5 Å². The molecule has 0 saturated carbocycles. The fourth-order valence-electron chi connectivity index (χ4n) is 1.40. The molecule has 0 fully saturated rings. The van der Waals surface area contributed by atoms with Crippen molar-refractivity contribution in [2.24, 2.45) is 0 Å². The van der Waals surface area contributed by atoms with Gasteiger partial charge in [0.15, 0.2) is 0 Å². The van der Waals surface area contributed by atoms with Crippen LogP contribution in [0.15, 0.2) is 17.5 Å². The van der Waals surface area contributed by atoms with Crippen LogP contribution < -0.4 is 5.32 Å². The Morgan fingerprint density at radius 1 is 1.35 bits per heavy atom. The summed E-state index contributed by atoms with van der Waals surface area (Å²) in [6.07, 6.45) is -4.77. The molecule has 0 bridgehead atoms. The van der Waals surface area contributed by atoms with Gasteiger partial charge in [0, 0.05) is 17.8 Å². The maximum absolute atomic E-state index is 11.8. The van der Waals surface area contributed by atoms with Crippen molar-refractivity contribution < 1.29 is 18.3 Å². The van der Waals surface area contributed by atoms with E-state index in [1.807, 2.05) is 17.5 Å². The largest absolute Gasteiger partial charge is 0.389 e. The molecule has 0 saturated heterocycles. The monoisotopic (exact) mass is 267 g/mol. The Kier molecular flexibility index (Phi) is 5.94. The summed E-state index contributed by atoms with van der Waals surface area (Å²) in [5.74, 6) is 0. The van der Waals surface area contributed by atoms with E-state index in [1.165, 1.54) is 11.3 Å². The average molecular weight is 267 g/mol. The summed E-state index contributed by atoms with van der Waals surface area (Å²) in [7, 11) is 0. The smallest absolute Gasteiger partial charge is 0.386 e. The van der Waals surface area contributed by atoms with E-state index in [1.54, 1.807) is 0 Å². The number of aliphatic hydroxyl groups excluding tert-OH is 1. The van der Waals surface area contributed by atoms with Crippen LogP contribution in [0.4, 0.5) is 13.2 Å². The molecule has 1 heterocycles. The van der Waals surface area contributed by atoms with E-state index in [2.05, 4.69) is 5.32 Å². The van der Waals surface area contributed by atoms with E-state index in [0.717, 1.165) is 4.88 Å². The van der Waals surface area contributed by atoms with Crippen LogP contribution in [0.25, 0.3) is 0 Å². The van der Waals surface area contributed by atoms with Gasteiger partial charge in [-0.2, -0.15) is 13.2 Å². The highest BCUT2D eigenvalue weighted by Gasteiger charge is 2.25. The fraction of sp³-hybridized carbons (Fsp3) is 0.636. The van der Waals surface area contributed by atoms with Gasteiger partial charge in [0.1, 0.15) is 6.10 Å². The van der Waals surface area contributed by atoms with Crippen LogP contribution >= 0.6 is 11.3 Å². The molecule has 1 atom stereocenters. The van der Waals surface area contributed by atoms with Crippen molar-refractivity contribution in [3.8, 4) is 0 Å². The van der Waals surface area contributed by atoms with Crippen LogP contribution in [0.5, 0.6) is 0 Å². The highest BCUT2D eigenvalue weighted by atomic mass is 32.1. The normalized spacial score (nSPS) is 13.9. The number of thiophene rings is 1. The summed E-state index contributed by atoms with van der Waals surface area (Å²) in [4.78, 5) is 0.868. The molecule has 6 heteroatoms. The Labute approximate surface area is 102 Å². The predicted octanol–water partition coefficient (Wildman–Crippen LogP) is 3.10. The quantitative estimate of drug-likeness (QED) is 0.744. The van der Waals surface area contributed by atoms with E-state index in [0.29, 0.717) is 19.5 Å². The number of halogens is 3. The minimum Gasteiger partial charge on any atom is -0.386 e. The number of nitrogens with one attached hydrogen (secondary N) is 1. The van der Waals surface area contributed by atoms with E-state index in [4.69, 9.17) is 0 Å². The van der Waals surface area contributed by atoms with E-state index in [9.17, 15) is 18.3 Å². The van der Waals surface area contributed by atoms with Crippen molar-refractivity contribution in [3.05, 3.63) is 22.4 Å². The zero-order valence-electron chi connectivity index (χ0n) is 9.33. The summed E-state index contributed by atoms with van der Waals surface area (Å²) >= 11 is 1.46. The second-order valence-electron chi connectivity index (χ2n) is 3.81. The second-order valence-corrected chi connectivity index (χ2v) is 4.79. The predicted molar refractivity (Wildman–Crippen MR) is 62.1 cm³/mol. The van der Waals surface area contributed by atoms with E-state index in [-0.39, 0.29) is 6.42 Å². The molecular formula is C11H16F3NOS. The highest BCUT2D eigenvalue weighted by molar-refractivity contribution is 7.10. The standard InChI is InChI=1S/C11H16F3NOS/c12-11(13,14)5-1-2-6-15-8-9(16)10-4-3-7-17-10/h3-4,7,9,15-16H,1-2,5-6,8H2. The molecule has 0 aliphatic heterocycles. The second kappa shape index (κ2) is 6.98. The Bertz CT molecular complexity index is 300. The molecule has 0 radical (unpaired) electrons. The molecule has 0 amide bonds. The van der Waals surface area contributed by atoms with Crippen molar-refractivity contribution in [1.82, 2.24) is 5.32 Å². The molecule has 17 heavy (non-hydrogen) atoms. The summed E-state index contributed by atoms with van der Waals surface area (Å²) in [5.41, 5.74) is 0. The van der Waals surface area contributed by atoms with E-state index >= 15 is 0 Å². The van der Waals surface area contributed by atoms with Crippen LogP contribution in [-0.4, -0.2) is 24.4 Å². The Balaban J connectivity index is 2.01. The third-order valence-electron chi connectivity index (χ3n) is 2.27. The molecule has 0 aromatic carbocycles. The topological polar surface area (TPSA) is 32.3 Å². The molecule has 1 unspecified atom stereocenters. The summed E-state index contributed by atoms with van der Waals surface area (Å²) in [5, 5.41) is 14.5. The third-order valence-corrected chi connectivity index (χ3v) is 3.25. The van der Waals surface area contributed by atoms with Crippen molar-refractivity contribution in [3.63, 3.8) is 0 Å². The van der Waals surface area contributed by atoms with Gasteiger partial charge in [0.05, 0.1) is 0 Å². The maximum Gasteiger partial charge on any atom is 0.389 e. The SMILES string of the molecule is OC(CNCCCCC(F)(F)F)c1cccs1. The first-order chi connectivity index (χ1) is 7.99. The van der Waals surface area contributed by atoms with Crippen LogP contribution in [0.1, 0.15) is 30.2 Å². The van der Waals surface area contributed by atoms with Gasteiger partial charge in [-0.3, -0.25) is 0 Å². The lowest BCUT2D eigenvalue weighted by Gasteiger charge is -2.10. The van der Waals surface area contributed by atoms with Crippen molar-refractivity contribution in [2.75, 3.05) is 13.1 Å². The molecule has 0 spiro atoms. The molecule has 0 aliphatic rings. The number of aliphatic hydroxyl groups is 1. The van der Waals surface area contributed by atoms with Crippen LogP contribution in [0, 0.1) is 0 Å². The Hall–Kier alpha value is -0.590. The van der Waals surface area contributed by atoms with Gasteiger partial charge < -0.3 is 10.4 Å². The molecule has 1 aromatic rings. The number of unbranched alkanes of at least 4 members (excludes halogenated alkanes) is 1. The van der Waals surface area contributed by atoms with Gasteiger partial charge in [-0.15, -0.1) is 11.3 Å². The number of rotatable bonds is 7. The lowest BCUT2D eigenvalue weighted by atomic mass is 10.2. The summed E-state index contributed by atoms with van der Waals surface area (Å²) in [6, 6.07) is 3.69. The molecular weight excluding hydrogens is 251 g/mol. The Morgan fingerprint density at radius 3 is 2.71 bits per heavy atom. The Morgan fingerprint density at radius 2 is 2.12 bits per heavy atom. The van der Waals surface area contributed by atoms with Crippen molar-refractivity contribution in [1.29, 1.82) is 0 Å². The average Bonchev–Trinajstić information content (AvgIpc) is 2.74. The molecule has 2 N–H and O–H groups in total. The first-order valence-electron chi connectivity index (χ1n) is 5.48. The molecule has 1 aromatic heterocycles. The zero-order chi connectivity index (χ0) is 12.7. The first kappa shape index (κ1) is 14.5. The van der Waals surface area contributed by atoms with Crippen LogP contribution in [-0.2, 0) is 0 Å². The summed E-state index contributed by atoms with van der Waals surface area (Å²) < 4.78 is 35.5. The maximum atomic E-state index is 11.8. The van der Waals surface area contributed by atoms with Crippen molar-refractivity contribution >= 4 is 11.3 Å². The molecule has 0 aliphatic carbocycles. The minimum absolute atomic E-state index is 0.131. The highest BCUT2D eigenvalue weighted by Crippen LogP contribution is 2.22. The fourth-order valence-corrected chi connectivity index (χ4v) is 2.11. The molecule has 1 rings (SSSR count). The number of hydrogen-bond donors (Lipinski definition) is 2. The van der Waals surface area contributed by atoms with Crippen LogP contribution in [0.2, 0.25) is 0 Å². The summed E-state index contributed by atoms with van der Waals surface area (Å²) in [6.45, 7) is 0.880.